The summed E-state index contributed by atoms with van der Waals surface area (Å²) < 4.78 is 16.0. The highest BCUT2D eigenvalue weighted by Crippen LogP contribution is 2.42. The number of pyridine rings is 1. The number of anilines is 1. The molecule has 0 aliphatic carbocycles. The number of aromatic hydroxyl groups is 1. The van der Waals surface area contributed by atoms with Crippen LogP contribution >= 0.6 is 11.6 Å². The van der Waals surface area contributed by atoms with E-state index < -0.39 is 5.82 Å². The van der Waals surface area contributed by atoms with E-state index in [1.54, 1.807) is 13.1 Å². The molecule has 2 aromatic heterocycles. The van der Waals surface area contributed by atoms with E-state index in [9.17, 15) is 5.11 Å². The highest BCUT2D eigenvalue weighted by Gasteiger charge is 2.48. The number of phenolic OH excluding ortho intramolecular Hbond substituents is 1. The van der Waals surface area contributed by atoms with Crippen LogP contribution in [0.2, 0.25) is 5.02 Å². The van der Waals surface area contributed by atoms with Crippen LogP contribution in [0.5, 0.6) is 5.75 Å². The topological polar surface area (TPSA) is 74.2 Å². The predicted molar refractivity (Wildman–Crippen MR) is 150 cm³/mol. The van der Waals surface area contributed by atoms with Crippen molar-refractivity contribution in [3.8, 4) is 17.0 Å². The van der Waals surface area contributed by atoms with E-state index >= 15 is 4.39 Å². The van der Waals surface area contributed by atoms with Gasteiger partial charge in [-0.2, -0.15) is 0 Å². The quantitative estimate of drug-likeness (QED) is 0.375. The van der Waals surface area contributed by atoms with Crippen LogP contribution in [-0.4, -0.2) is 44.2 Å². The summed E-state index contributed by atoms with van der Waals surface area (Å²) >= 11 is 6.41. The Bertz CT molecular complexity index is 1300. The van der Waals surface area contributed by atoms with Crippen LogP contribution in [0.3, 0.4) is 0 Å². The van der Waals surface area contributed by atoms with E-state index in [1.807, 2.05) is 13.8 Å². The molecule has 2 fully saturated rings. The van der Waals surface area contributed by atoms with Gasteiger partial charge in [-0.1, -0.05) is 52.1 Å². The lowest BCUT2D eigenvalue weighted by Crippen LogP contribution is -2.63. The van der Waals surface area contributed by atoms with Crippen molar-refractivity contribution in [1.82, 2.24) is 20.3 Å². The molecule has 2 aliphatic heterocycles. The zero-order chi connectivity index (χ0) is 27.1. The highest BCUT2D eigenvalue weighted by atomic mass is 35.5. The van der Waals surface area contributed by atoms with Gasteiger partial charge in [0.1, 0.15) is 28.6 Å². The summed E-state index contributed by atoms with van der Waals surface area (Å²) in [4.78, 5) is 15.9. The Morgan fingerprint density at radius 3 is 2.30 bits per heavy atom. The third kappa shape index (κ3) is 5.39. The number of halogens is 2. The monoisotopic (exact) mass is 527 g/mol. The number of nitrogens with one attached hydrogen (secondary N) is 1. The van der Waals surface area contributed by atoms with Crippen molar-refractivity contribution in [2.24, 2.45) is 0 Å². The summed E-state index contributed by atoms with van der Waals surface area (Å²) in [5.41, 5.74) is 1.58. The SMILES string of the molecule is CCCC.Cc1nc(N2C[C@]3(C)CC[C@](C)(C2)N3)c2cnc(-c3cc(O)cc(Cl)c3C(C)C)c(F)c2n1. The molecule has 1 aromatic carbocycles. The van der Waals surface area contributed by atoms with Crippen LogP contribution in [0.1, 0.15) is 84.5 Å². The van der Waals surface area contributed by atoms with Crippen LogP contribution < -0.4 is 10.2 Å². The van der Waals surface area contributed by atoms with Gasteiger partial charge >= 0.3 is 0 Å². The number of benzene rings is 1. The van der Waals surface area contributed by atoms with Crippen LogP contribution in [0, 0.1) is 12.7 Å². The number of fused-ring (bicyclic) bond motifs is 3. The van der Waals surface area contributed by atoms with E-state index in [4.69, 9.17) is 16.6 Å². The standard InChI is InChI=1S/C25H29ClFN5O.C4H10/c1-13(2)19-16(8-15(33)9-18(19)26)21-20(27)22-17(10-28-21)23(30-14(3)29-22)32-11-24(4)6-7-25(5,12-32)31-24;1-3-4-2/h8-10,13,31,33H,6-7,11-12H2,1-5H3;3-4H2,1-2H3/t24-,25+;. The molecule has 2 bridgehead atoms. The fourth-order valence-electron chi connectivity index (χ4n) is 5.66. The van der Waals surface area contributed by atoms with Crippen molar-refractivity contribution in [2.75, 3.05) is 18.0 Å². The predicted octanol–water partition coefficient (Wildman–Crippen LogP) is 7.15. The van der Waals surface area contributed by atoms with E-state index in [1.165, 1.54) is 25.0 Å². The average Bonchev–Trinajstić information content (AvgIpc) is 3.05. The first-order chi connectivity index (χ1) is 17.4. The van der Waals surface area contributed by atoms with E-state index in [0.717, 1.165) is 31.5 Å². The molecule has 4 heterocycles. The molecule has 0 unspecified atom stereocenters. The van der Waals surface area contributed by atoms with Crippen molar-refractivity contribution < 1.29 is 9.50 Å². The lowest BCUT2D eigenvalue weighted by atomic mass is 9.94. The number of nitrogens with zero attached hydrogens (tertiary/aromatic N) is 4. The summed E-state index contributed by atoms with van der Waals surface area (Å²) in [6.07, 6.45) is 6.48. The van der Waals surface area contributed by atoms with Crippen molar-refractivity contribution >= 4 is 28.3 Å². The molecule has 2 N–H and O–H groups in total. The molecule has 37 heavy (non-hydrogen) atoms. The summed E-state index contributed by atoms with van der Waals surface area (Å²) in [6.45, 7) is 16.1. The third-order valence-electron chi connectivity index (χ3n) is 7.43. The molecule has 0 amide bonds. The number of hydrogen-bond acceptors (Lipinski definition) is 6. The highest BCUT2D eigenvalue weighted by molar-refractivity contribution is 6.32. The molecule has 0 radical (unpaired) electrons. The zero-order valence-corrected chi connectivity index (χ0v) is 23.8. The Kier molecular flexibility index (Phi) is 7.69. The maximum absolute atomic E-state index is 16.0. The molecule has 5 rings (SSSR count). The minimum absolute atomic E-state index is 0.00538. The Morgan fingerprint density at radius 2 is 1.73 bits per heavy atom. The normalized spacial score (nSPS) is 22.9. The number of unbranched alkanes of at least 4 members (excludes halogenated alkanes) is 1. The van der Waals surface area contributed by atoms with Crippen LogP contribution in [0.25, 0.3) is 22.2 Å². The molecule has 2 atom stereocenters. The van der Waals surface area contributed by atoms with E-state index in [-0.39, 0.29) is 34.0 Å². The summed E-state index contributed by atoms with van der Waals surface area (Å²) in [7, 11) is 0. The number of aromatic nitrogens is 3. The van der Waals surface area contributed by atoms with Crippen molar-refractivity contribution in [2.45, 2.75) is 91.1 Å². The zero-order valence-electron chi connectivity index (χ0n) is 23.0. The maximum Gasteiger partial charge on any atom is 0.175 e. The molecule has 3 aromatic rings. The Hall–Kier alpha value is -2.51. The first-order valence-corrected chi connectivity index (χ1v) is 13.7. The van der Waals surface area contributed by atoms with Crippen molar-refractivity contribution in [3.05, 3.63) is 40.6 Å². The minimum Gasteiger partial charge on any atom is -0.508 e. The fraction of sp³-hybridized carbons (Fsp3) is 0.552. The average molecular weight is 528 g/mol. The molecule has 2 aliphatic rings. The van der Waals surface area contributed by atoms with Gasteiger partial charge in [-0.3, -0.25) is 4.98 Å². The second-order valence-electron chi connectivity index (χ2n) is 11.4. The van der Waals surface area contributed by atoms with Crippen LogP contribution in [0.15, 0.2) is 18.3 Å². The first kappa shape index (κ1) is 27.5. The number of hydrogen-bond donors (Lipinski definition) is 2. The van der Waals surface area contributed by atoms with Crippen LogP contribution in [0.4, 0.5) is 10.2 Å². The lowest BCUT2D eigenvalue weighted by Gasteiger charge is -2.44. The van der Waals surface area contributed by atoms with Gasteiger partial charge in [0, 0.05) is 41.0 Å². The Morgan fingerprint density at radius 1 is 1.11 bits per heavy atom. The van der Waals surface area contributed by atoms with Gasteiger partial charge in [0.05, 0.1) is 5.39 Å². The number of piperazine rings is 1. The van der Waals surface area contributed by atoms with Gasteiger partial charge in [-0.25, -0.2) is 14.4 Å². The molecule has 2 saturated heterocycles. The minimum atomic E-state index is -0.529. The number of rotatable bonds is 4. The molecular formula is C29H39ClFN5O. The number of phenols is 1. The molecule has 0 spiro atoms. The Labute approximate surface area is 224 Å². The van der Waals surface area contributed by atoms with Crippen LogP contribution in [-0.2, 0) is 0 Å². The summed E-state index contributed by atoms with van der Waals surface area (Å²) in [5.74, 6) is 0.684. The fourth-order valence-corrected chi connectivity index (χ4v) is 6.09. The van der Waals surface area contributed by atoms with Crippen molar-refractivity contribution in [1.29, 1.82) is 0 Å². The molecular weight excluding hydrogens is 489 g/mol. The molecule has 200 valence electrons. The van der Waals surface area contributed by atoms with Gasteiger partial charge < -0.3 is 15.3 Å². The first-order valence-electron chi connectivity index (χ1n) is 13.3. The largest absolute Gasteiger partial charge is 0.508 e. The third-order valence-corrected chi connectivity index (χ3v) is 7.75. The Balaban J connectivity index is 0.000000747. The van der Waals surface area contributed by atoms with Crippen molar-refractivity contribution in [3.63, 3.8) is 0 Å². The number of aryl methyl sites for hydroxylation is 1. The summed E-state index contributed by atoms with van der Waals surface area (Å²) in [6, 6.07) is 2.99. The smallest absolute Gasteiger partial charge is 0.175 e. The van der Waals surface area contributed by atoms with Gasteiger partial charge in [0.2, 0.25) is 0 Å². The molecule has 6 nitrogen and oxygen atoms in total. The molecule has 8 heteroatoms. The van der Waals surface area contributed by atoms with Gasteiger partial charge in [0.25, 0.3) is 0 Å². The van der Waals surface area contributed by atoms with E-state index in [0.29, 0.717) is 27.6 Å². The van der Waals surface area contributed by atoms with Gasteiger partial charge in [-0.05, 0) is 57.2 Å². The maximum atomic E-state index is 16.0. The van der Waals surface area contributed by atoms with E-state index in [2.05, 4.69) is 47.9 Å². The van der Waals surface area contributed by atoms with Gasteiger partial charge in [-0.15, -0.1) is 0 Å². The van der Waals surface area contributed by atoms with Gasteiger partial charge in [0.15, 0.2) is 5.82 Å². The summed E-state index contributed by atoms with van der Waals surface area (Å²) in [5, 5.41) is 14.9. The second-order valence-corrected chi connectivity index (χ2v) is 11.8. The lowest BCUT2D eigenvalue weighted by molar-refractivity contribution is 0.281. The second kappa shape index (κ2) is 10.3. The molecule has 0 saturated carbocycles.